The predicted octanol–water partition coefficient (Wildman–Crippen LogP) is 3.63. The van der Waals surface area contributed by atoms with Crippen LogP contribution < -0.4 is 5.32 Å². The van der Waals surface area contributed by atoms with Crippen molar-refractivity contribution < 1.29 is 0 Å². The smallest absolute Gasteiger partial charge is 0.226 e. The van der Waals surface area contributed by atoms with Crippen molar-refractivity contribution in [3.8, 4) is 0 Å². The van der Waals surface area contributed by atoms with Crippen LogP contribution in [0.2, 0.25) is 5.28 Å². The van der Waals surface area contributed by atoms with Gasteiger partial charge >= 0.3 is 0 Å². The summed E-state index contributed by atoms with van der Waals surface area (Å²) in [5, 5.41) is 3.64. The van der Waals surface area contributed by atoms with E-state index in [0.717, 1.165) is 11.9 Å². The van der Waals surface area contributed by atoms with E-state index >= 15 is 0 Å². The zero-order chi connectivity index (χ0) is 14.3. The number of halogens is 1. The van der Waals surface area contributed by atoms with Crippen molar-refractivity contribution in [3.63, 3.8) is 0 Å². The van der Waals surface area contributed by atoms with Crippen molar-refractivity contribution in [2.24, 2.45) is 5.41 Å². The van der Waals surface area contributed by atoms with E-state index in [4.69, 9.17) is 11.6 Å². The number of aromatic amines is 1. The highest BCUT2D eigenvalue weighted by Gasteiger charge is 2.26. The molecule has 0 radical (unpaired) electrons. The number of nitrogens with one attached hydrogen (secondary N) is 2. The standard InChI is InChI=1S/C13H20ClN5/c1-12(2,3)6-13(4,5)19-10-8-9(16-7-15-8)17-11(14)18-10/h7H,6H2,1-5H3,(H2,15,16,17,18,19). The summed E-state index contributed by atoms with van der Waals surface area (Å²) in [7, 11) is 0. The van der Waals surface area contributed by atoms with Gasteiger partial charge in [0.1, 0.15) is 5.52 Å². The molecule has 0 atom stereocenters. The summed E-state index contributed by atoms with van der Waals surface area (Å²) in [4.78, 5) is 15.5. The molecule has 0 bridgehead atoms. The van der Waals surface area contributed by atoms with E-state index in [1.54, 1.807) is 6.33 Å². The molecule has 0 unspecified atom stereocenters. The van der Waals surface area contributed by atoms with Crippen LogP contribution in [0.4, 0.5) is 5.82 Å². The quantitative estimate of drug-likeness (QED) is 0.843. The molecule has 0 spiro atoms. The van der Waals surface area contributed by atoms with Crippen LogP contribution in [0, 0.1) is 5.41 Å². The predicted molar refractivity (Wildman–Crippen MR) is 78.5 cm³/mol. The van der Waals surface area contributed by atoms with E-state index in [0.29, 0.717) is 11.5 Å². The second kappa shape index (κ2) is 4.63. The van der Waals surface area contributed by atoms with Gasteiger partial charge in [-0.3, -0.25) is 0 Å². The molecule has 0 saturated carbocycles. The average molecular weight is 282 g/mol. The van der Waals surface area contributed by atoms with Crippen LogP contribution in [-0.2, 0) is 0 Å². The van der Waals surface area contributed by atoms with E-state index in [1.165, 1.54) is 0 Å². The third-order valence-corrected chi connectivity index (χ3v) is 2.86. The number of imidazole rings is 1. The third-order valence-electron chi connectivity index (χ3n) is 2.69. The molecule has 0 fully saturated rings. The highest BCUT2D eigenvalue weighted by atomic mass is 35.5. The first kappa shape index (κ1) is 14.1. The monoisotopic (exact) mass is 281 g/mol. The number of rotatable bonds is 3. The van der Waals surface area contributed by atoms with Gasteiger partial charge in [0.25, 0.3) is 0 Å². The van der Waals surface area contributed by atoms with E-state index in [2.05, 4.69) is 59.9 Å². The maximum Gasteiger partial charge on any atom is 0.226 e. The molecule has 0 aliphatic heterocycles. The molecule has 2 aromatic rings. The molecule has 0 saturated heterocycles. The van der Waals surface area contributed by atoms with Crippen LogP contribution in [-0.4, -0.2) is 25.5 Å². The molecule has 2 rings (SSSR count). The second-order valence-electron chi connectivity index (χ2n) is 6.69. The Kier molecular flexibility index (Phi) is 3.43. The van der Waals surface area contributed by atoms with Crippen molar-refractivity contribution in [1.29, 1.82) is 0 Å². The molecule has 0 aliphatic carbocycles. The summed E-state index contributed by atoms with van der Waals surface area (Å²) in [5.74, 6) is 0.696. The number of nitrogens with zero attached hydrogens (tertiary/aromatic N) is 3. The average Bonchev–Trinajstić information content (AvgIpc) is 2.59. The molecule has 19 heavy (non-hydrogen) atoms. The Morgan fingerprint density at radius 1 is 1.21 bits per heavy atom. The van der Waals surface area contributed by atoms with E-state index in [-0.39, 0.29) is 16.2 Å². The fourth-order valence-electron chi connectivity index (χ4n) is 2.59. The lowest BCUT2D eigenvalue weighted by atomic mass is 9.82. The summed E-state index contributed by atoms with van der Waals surface area (Å²) < 4.78 is 0. The summed E-state index contributed by atoms with van der Waals surface area (Å²) >= 11 is 5.93. The molecule has 2 aromatic heterocycles. The molecule has 0 aliphatic rings. The van der Waals surface area contributed by atoms with Crippen molar-refractivity contribution >= 4 is 28.6 Å². The van der Waals surface area contributed by atoms with Gasteiger partial charge in [-0.1, -0.05) is 20.8 Å². The first-order valence-corrected chi connectivity index (χ1v) is 6.69. The third kappa shape index (κ3) is 3.56. The summed E-state index contributed by atoms with van der Waals surface area (Å²) in [6.07, 6.45) is 2.59. The zero-order valence-corrected chi connectivity index (χ0v) is 12.8. The molecule has 104 valence electrons. The van der Waals surface area contributed by atoms with Crippen LogP contribution in [0.5, 0.6) is 0 Å². The van der Waals surface area contributed by atoms with Gasteiger partial charge in [0.05, 0.1) is 6.33 Å². The van der Waals surface area contributed by atoms with Gasteiger partial charge in [-0.2, -0.15) is 9.97 Å². The SMILES string of the molecule is CC(C)(C)CC(C)(C)Nc1nc(Cl)nc2nc[nH]c12. The topological polar surface area (TPSA) is 66.5 Å². The Hall–Kier alpha value is -1.36. The highest BCUT2D eigenvalue weighted by molar-refractivity contribution is 6.28. The summed E-state index contributed by atoms with van der Waals surface area (Å²) in [6.45, 7) is 11.0. The Bertz CT molecular complexity index is 582. The number of hydrogen-bond donors (Lipinski definition) is 2. The highest BCUT2D eigenvalue weighted by Crippen LogP contribution is 2.30. The van der Waals surface area contributed by atoms with E-state index < -0.39 is 0 Å². The van der Waals surface area contributed by atoms with Crippen LogP contribution in [0.3, 0.4) is 0 Å². The molecular formula is C13H20ClN5. The molecule has 2 N–H and O–H groups in total. The molecule has 0 amide bonds. The molecular weight excluding hydrogens is 262 g/mol. The fourth-order valence-corrected chi connectivity index (χ4v) is 2.75. The van der Waals surface area contributed by atoms with Crippen LogP contribution in [0.15, 0.2) is 6.33 Å². The maximum atomic E-state index is 5.93. The van der Waals surface area contributed by atoms with E-state index in [1.807, 2.05) is 0 Å². The second-order valence-corrected chi connectivity index (χ2v) is 7.03. The number of hydrogen-bond acceptors (Lipinski definition) is 4. The summed E-state index contributed by atoms with van der Waals surface area (Å²) in [6, 6.07) is 0. The minimum atomic E-state index is -0.103. The number of H-pyrrole nitrogens is 1. The maximum absolute atomic E-state index is 5.93. The van der Waals surface area contributed by atoms with Crippen LogP contribution >= 0.6 is 11.6 Å². The minimum absolute atomic E-state index is 0.103. The minimum Gasteiger partial charge on any atom is -0.363 e. The lowest BCUT2D eigenvalue weighted by Crippen LogP contribution is -2.35. The largest absolute Gasteiger partial charge is 0.363 e. The van der Waals surface area contributed by atoms with Crippen molar-refractivity contribution in [2.45, 2.75) is 46.6 Å². The first-order valence-electron chi connectivity index (χ1n) is 6.31. The fraction of sp³-hybridized carbons (Fsp3) is 0.615. The number of aromatic nitrogens is 4. The Morgan fingerprint density at radius 2 is 1.89 bits per heavy atom. The summed E-state index contributed by atoms with van der Waals surface area (Å²) in [5.41, 5.74) is 1.48. The van der Waals surface area contributed by atoms with Gasteiger partial charge in [-0.25, -0.2) is 4.98 Å². The molecule has 2 heterocycles. The molecule has 0 aromatic carbocycles. The van der Waals surface area contributed by atoms with E-state index in [9.17, 15) is 0 Å². The lowest BCUT2D eigenvalue weighted by molar-refractivity contribution is 0.302. The Labute approximate surface area is 118 Å². The zero-order valence-electron chi connectivity index (χ0n) is 12.0. The van der Waals surface area contributed by atoms with Crippen molar-refractivity contribution in [3.05, 3.63) is 11.6 Å². The Balaban J connectivity index is 2.32. The van der Waals surface area contributed by atoms with Gasteiger partial charge in [-0.05, 0) is 37.3 Å². The lowest BCUT2D eigenvalue weighted by Gasteiger charge is -2.33. The van der Waals surface area contributed by atoms with Crippen molar-refractivity contribution in [1.82, 2.24) is 19.9 Å². The Morgan fingerprint density at radius 3 is 2.53 bits per heavy atom. The van der Waals surface area contributed by atoms with Gasteiger partial charge in [0.15, 0.2) is 11.5 Å². The normalized spacial score (nSPS) is 12.9. The van der Waals surface area contributed by atoms with Crippen LogP contribution in [0.1, 0.15) is 41.0 Å². The molecule has 6 heteroatoms. The number of fused-ring (bicyclic) bond motifs is 1. The number of anilines is 1. The molecule has 5 nitrogen and oxygen atoms in total. The van der Waals surface area contributed by atoms with Crippen LogP contribution in [0.25, 0.3) is 11.2 Å². The van der Waals surface area contributed by atoms with Gasteiger partial charge in [0.2, 0.25) is 5.28 Å². The van der Waals surface area contributed by atoms with Crippen molar-refractivity contribution in [2.75, 3.05) is 5.32 Å². The first-order chi connectivity index (χ1) is 8.66. The van der Waals surface area contributed by atoms with Gasteiger partial charge < -0.3 is 10.3 Å². The van der Waals surface area contributed by atoms with Gasteiger partial charge in [-0.15, -0.1) is 0 Å². The van der Waals surface area contributed by atoms with Gasteiger partial charge in [0, 0.05) is 5.54 Å².